The number of anilines is 1. The van der Waals surface area contributed by atoms with Crippen molar-refractivity contribution in [3.05, 3.63) is 28.2 Å². The standard InChI is InChI=1S/C13H16Cl2N2O/c1-2-13(5-6-16-8-13)12(18)17-11-7-9(14)3-4-10(11)15/h3-4,7,16H,2,5-6,8H2,1H3,(H,17,18). The van der Waals surface area contributed by atoms with Crippen LogP contribution < -0.4 is 10.6 Å². The maximum atomic E-state index is 12.4. The first-order valence-corrected chi connectivity index (χ1v) is 6.80. The molecule has 1 unspecified atom stereocenters. The molecule has 3 nitrogen and oxygen atoms in total. The van der Waals surface area contributed by atoms with E-state index >= 15 is 0 Å². The molecule has 1 heterocycles. The molecular weight excluding hydrogens is 271 g/mol. The van der Waals surface area contributed by atoms with Gasteiger partial charge >= 0.3 is 0 Å². The lowest BCUT2D eigenvalue weighted by molar-refractivity contribution is -0.124. The summed E-state index contributed by atoms with van der Waals surface area (Å²) in [4.78, 5) is 12.4. The van der Waals surface area contributed by atoms with Crippen LogP contribution in [0.2, 0.25) is 10.0 Å². The lowest BCUT2D eigenvalue weighted by Crippen LogP contribution is -2.37. The third-order valence-corrected chi connectivity index (χ3v) is 4.14. The van der Waals surface area contributed by atoms with Crippen molar-refractivity contribution in [2.75, 3.05) is 18.4 Å². The lowest BCUT2D eigenvalue weighted by atomic mass is 9.83. The van der Waals surface area contributed by atoms with Crippen molar-refractivity contribution in [3.8, 4) is 0 Å². The van der Waals surface area contributed by atoms with Crippen molar-refractivity contribution in [2.45, 2.75) is 19.8 Å². The van der Waals surface area contributed by atoms with E-state index in [1.165, 1.54) is 0 Å². The first-order chi connectivity index (χ1) is 8.57. The molecule has 1 saturated heterocycles. The molecular formula is C13H16Cl2N2O. The van der Waals surface area contributed by atoms with E-state index in [1.807, 2.05) is 6.92 Å². The maximum absolute atomic E-state index is 12.4. The Morgan fingerprint density at radius 2 is 2.28 bits per heavy atom. The van der Waals surface area contributed by atoms with Gasteiger partial charge in [0.2, 0.25) is 5.91 Å². The van der Waals surface area contributed by atoms with Crippen LogP contribution in [0.3, 0.4) is 0 Å². The summed E-state index contributed by atoms with van der Waals surface area (Å²) in [6.45, 7) is 3.63. The molecule has 0 saturated carbocycles. The fourth-order valence-electron chi connectivity index (χ4n) is 2.25. The Bertz CT molecular complexity index is 456. The van der Waals surface area contributed by atoms with Gasteiger partial charge in [0.05, 0.1) is 16.1 Å². The van der Waals surface area contributed by atoms with Crippen molar-refractivity contribution in [1.29, 1.82) is 0 Å². The fraction of sp³-hybridized carbons (Fsp3) is 0.462. The molecule has 1 aliphatic heterocycles. The summed E-state index contributed by atoms with van der Waals surface area (Å²) in [6, 6.07) is 5.06. The molecule has 1 atom stereocenters. The number of amides is 1. The van der Waals surface area contributed by atoms with Crippen molar-refractivity contribution in [2.24, 2.45) is 5.41 Å². The Hall–Kier alpha value is -0.770. The van der Waals surface area contributed by atoms with Crippen LogP contribution >= 0.6 is 23.2 Å². The largest absolute Gasteiger partial charge is 0.324 e. The molecule has 0 aliphatic carbocycles. The molecule has 1 amide bonds. The highest BCUT2D eigenvalue weighted by molar-refractivity contribution is 6.35. The highest BCUT2D eigenvalue weighted by atomic mass is 35.5. The molecule has 18 heavy (non-hydrogen) atoms. The van der Waals surface area contributed by atoms with Crippen LogP contribution in [-0.4, -0.2) is 19.0 Å². The third-order valence-electron chi connectivity index (χ3n) is 3.58. The molecule has 1 aliphatic rings. The van der Waals surface area contributed by atoms with Gasteiger partial charge in [-0.3, -0.25) is 4.79 Å². The van der Waals surface area contributed by atoms with Gasteiger partial charge in [-0.1, -0.05) is 30.1 Å². The van der Waals surface area contributed by atoms with Gasteiger partial charge in [0.15, 0.2) is 0 Å². The Labute approximate surface area is 117 Å². The molecule has 5 heteroatoms. The second kappa shape index (κ2) is 5.47. The molecule has 2 rings (SSSR count). The summed E-state index contributed by atoms with van der Waals surface area (Å²) >= 11 is 12.0. The van der Waals surface area contributed by atoms with E-state index in [0.29, 0.717) is 22.3 Å². The number of halogens is 2. The molecule has 0 bridgehead atoms. The topological polar surface area (TPSA) is 41.1 Å². The van der Waals surface area contributed by atoms with Crippen molar-refractivity contribution < 1.29 is 4.79 Å². The monoisotopic (exact) mass is 286 g/mol. The van der Waals surface area contributed by atoms with Crippen molar-refractivity contribution >= 4 is 34.8 Å². The zero-order valence-corrected chi connectivity index (χ0v) is 11.7. The number of benzene rings is 1. The Balaban J connectivity index is 2.18. The van der Waals surface area contributed by atoms with Gasteiger partial charge < -0.3 is 10.6 Å². The average molecular weight is 287 g/mol. The second-order valence-corrected chi connectivity index (χ2v) is 5.48. The maximum Gasteiger partial charge on any atom is 0.231 e. The van der Waals surface area contributed by atoms with E-state index in [2.05, 4.69) is 10.6 Å². The minimum Gasteiger partial charge on any atom is -0.324 e. The molecule has 1 aromatic rings. The van der Waals surface area contributed by atoms with E-state index in [4.69, 9.17) is 23.2 Å². The first kappa shape index (κ1) is 13.7. The average Bonchev–Trinajstić information content (AvgIpc) is 2.84. The Kier molecular flexibility index (Phi) is 4.15. The summed E-state index contributed by atoms with van der Waals surface area (Å²) < 4.78 is 0. The molecule has 2 N–H and O–H groups in total. The number of rotatable bonds is 3. The van der Waals surface area contributed by atoms with Gasteiger partial charge in [-0.25, -0.2) is 0 Å². The Morgan fingerprint density at radius 3 is 2.89 bits per heavy atom. The summed E-state index contributed by atoms with van der Waals surface area (Å²) in [7, 11) is 0. The van der Waals surface area contributed by atoms with Crippen LogP contribution in [0.25, 0.3) is 0 Å². The molecule has 1 fully saturated rings. The number of carbonyl (C=O) groups is 1. The van der Waals surface area contributed by atoms with Crippen LogP contribution in [0.1, 0.15) is 19.8 Å². The highest BCUT2D eigenvalue weighted by Crippen LogP contribution is 2.33. The zero-order valence-electron chi connectivity index (χ0n) is 10.2. The minimum atomic E-state index is -0.328. The third kappa shape index (κ3) is 2.63. The van der Waals surface area contributed by atoms with Crippen LogP contribution in [-0.2, 0) is 4.79 Å². The predicted octanol–water partition coefficient (Wildman–Crippen LogP) is 3.32. The number of nitrogens with one attached hydrogen (secondary N) is 2. The van der Waals surface area contributed by atoms with Crippen molar-refractivity contribution in [1.82, 2.24) is 5.32 Å². The first-order valence-electron chi connectivity index (χ1n) is 6.04. The van der Waals surface area contributed by atoms with Gasteiger partial charge in [0.1, 0.15) is 0 Å². The van der Waals surface area contributed by atoms with Crippen LogP contribution in [0.5, 0.6) is 0 Å². The van der Waals surface area contributed by atoms with Crippen LogP contribution in [0.15, 0.2) is 18.2 Å². The van der Waals surface area contributed by atoms with E-state index < -0.39 is 0 Å². The van der Waals surface area contributed by atoms with Crippen LogP contribution in [0, 0.1) is 5.41 Å². The Morgan fingerprint density at radius 1 is 1.50 bits per heavy atom. The molecule has 0 spiro atoms. The number of carbonyl (C=O) groups excluding carboxylic acids is 1. The van der Waals surface area contributed by atoms with E-state index in [9.17, 15) is 4.79 Å². The zero-order chi connectivity index (χ0) is 13.2. The van der Waals surface area contributed by atoms with Gasteiger partial charge in [0.25, 0.3) is 0 Å². The smallest absolute Gasteiger partial charge is 0.231 e. The molecule has 1 aromatic carbocycles. The quantitative estimate of drug-likeness (QED) is 0.895. The van der Waals surface area contributed by atoms with E-state index in [0.717, 1.165) is 19.4 Å². The van der Waals surface area contributed by atoms with Crippen LogP contribution in [0.4, 0.5) is 5.69 Å². The fourth-order valence-corrected chi connectivity index (χ4v) is 2.58. The highest BCUT2D eigenvalue weighted by Gasteiger charge is 2.39. The SMILES string of the molecule is CCC1(C(=O)Nc2cc(Cl)ccc2Cl)CCNC1. The normalized spacial score (nSPS) is 23.1. The summed E-state index contributed by atoms with van der Waals surface area (Å²) in [6.07, 6.45) is 1.66. The van der Waals surface area contributed by atoms with Gasteiger partial charge in [0, 0.05) is 11.6 Å². The number of hydrogen-bond donors (Lipinski definition) is 2. The lowest BCUT2D eigenvalue weighted by Gasteiger charge is -2.25. The second-order valence-electron chi connectivity index (χ2n) is 4.64. The van der Waals surface area contributed by atoms with E-state index in [-0.39, 0.29) is 11.3 Å². The molecule has 98 valence electrons. The van der Waals surface area contributed by atoms with Crippen molar-refractivity contribution in [3.63, 3.8) is 0 Å². The summed E-state index contributed by atoms with van der Waals surface area (Å²) in [5, 5.41) is 7.19. The number of hydrogen-bond acceptors (Lipinski definition) is 2. The van der Waals surface area contributed by atoms with Gasteiger partial charge in [-0.2, -0.15) is 0 Å². The minimum absolute atomic E-state index is 0.0131. The summed E-state index contributed by atoms with van der Waals surface area (Å²) in [5.74, 6) is 0.0131. The molecule has 0 radical (unpaired) electrons. The predicted molar refractivity (Wildman–Crippen MR) is 75.3 cm³/mol. The summed E-state index contributed by atoms with van der Waals surface area (Å²) in [5.41, 5.74) is 0.250. The molecule has 0 aromatic heterocycles. The van der Waals surface area contributed by atoms with Gasteiger partial charge in [-0.05, 0) is 37.6 Å². The van der Waals surface area contributed by atoms with Gasteiger partial charge in [-0.15, -0.1) is 0 Å². The van der Waals surface area contributed by atoms with E-state index in [1.54, 1.807) is 18.2 Å².